The molecule has 0 spiro atoms. The first-order chi connectivity index (χ1) is 14.0. The second-order valence-corrected chi connectivity index (χ2v) is 9.83. The van der Waals surface area contributed by atoms with Crippen molar-refractivity contribution in [3.05, 3.63) is 47.5 Å². The van der Waals surface area contributed by atoms with Gasteiger partial charge in [0, 0.05) is 55.5 Å². The molecule has 5 aliphatic rings. The minimum absolute atomic E-state index is 0. The minimum atomic E-state index is -1.73. The van der Waals surface area contributed by atoms with E-state index < -0.39 is 24.1 Å². The number of nitrogens with zero attached hydrogens (tertiary/aromatic N) is 1. The Kier molecular flexibility index (Phi) is 6.05. The fourth-order valence-electron chi connectivity index (χ4n) is 7.57. The molecule has 1 aliphatic heterocycles. The van der Waals surface area contributed by atoms with Gasteiger partial charge < -0.3 is 10.2 Å². The Balaban J connectivity index is 0.00000116. The van der Waals surface area contributed by atoms with Gasteiger partial charge in [-0.2, -0.15) is 0 Å². The van der Waals surface area contributed by atoms with E-state index in [1.807, 2.05) is 24.3 Å². The van der Waals surface area contributed by atoms with E-state index in [9.17, 15) is 19.8 Å². The maximum Gasteiger partial charge on any atom is 0.261 e. The van der Waals surface area contributed by atoms with Crippen molar-refractivity contribution < 1.29 is 58.8 Å². The predicted molar refractivity (Wildman–Crippen MR) is 107 cm³/mol. The quantitative estimate of drug-likeness (QED) is 0.324. The van der Waals surface area contributed by atoms with Crippen molar-refractivity contribution in [3.8, 4) is 0 Å². The van der Waals surface area contributed by atoms with Gasteiger partial charge in [0.2, 0.25) is 0 Å². The summed E-state index contributed by atoms with van der Waals surface area (Å²) in [7, 11) is 0. The monoisotopic (exact) mass is 597 g/mol. The maximum atomic E-state index is 13.5. The molecule has 7 rings (SSSR count). The molecule has 2 amide bonds. The Morgan fingerprint density at radius 3 is 1.68 bits per heavy atom. The Hall–Kier alpha value is -0.993. The molecule has 0 unspecified atom stereocenters. The Bertz CT molecular complexity index is 967. The first-order valence-corrected chi connectivity index (χ1v) is 10.7. The summed E-state index contributed by atoms with van der Waals surface area (Å²) >= 11 is 0. The molecule has 4 fully saturated rings. The van der Waals surface area contributed by atoms with Gasteiger partial charge in [0.25, 0.3) is 11.8 Å². The number of benzene rings is 2. The molecule has 168 valence electrons. The largest absolute Gasteiger partial charge is 0.366 e. The Morgan fingerprint density at radius 2 is 1.26 bits per heavy atom. The summed E-state index contributed by atoms with van der Waals surface area (Å²) < 4.78 is 0. The third-order valence-electron chi connectivity index (χ3n) is 8.08. The van der Waals surface area contributed by atoms with E-state index in [0.29, 0.717) is 34.3 Å². The zero-order chi connectivity index (χ0) is 19.9. The fourth-order valence-corrected chi connectivity index (χ4v) is 7.57. The maximum absolute atomic E-state index is 13.5. The van der Waals surface area contributed by atoms with Gasteiger partial charge in [0.15, 0.2) is 6.29 Å². The standard InChI is InChI=1S/C24H25NO4.2Rh/c26-21-17-5-1-3-16-4-2-6-18(19(16)17)22(27)25(21)20(23(28)29)24-10-13-7-14(11-24)9-15(8-13)12-24;;/h1-6,13-15,20,23,28-29H,7-12H2;;/t13?,14?,15?,20-,24?;;/m0../s1. The van der Waals surface area contributed by atoms with Crippen LogP contribution in [0.2, 0.25) is 0 Å². The predicted octanol–water partition coefficient (Wildman–Crippen LogP) is 3.33. The van der Waals surface area contributed by atoms with Crippen molar-refractivity contribution >= 4 is 22.6 Å². The fraction of sp³-hybridized carbons (Fsp3) is 0.500. The van der Waals surface area contributed by atoms with Crippen LogP contribution in [0.15, 0.2) is 36.4 Å². The van der Waals surface area contributed by atoms with E-state index in [0.717, 1.165) is 24.6 Å². The molecule has 4 saturated carbocycles. The second-order valence-electron chi connectivity index (χ2n) is 9.83. The molecule has 1 heterocycles. The molecule has 2 N–H and O–H groups in total. The molecule has 4 bridgehead atoms. The van der Waals surface area contributed by atoms with Crippen molar-refractivity contribution in [2.24, 2.45) is 23.2 Å². The number of aliphatic hydroxyl groups is 2. The summed E-state index contributed by atoms with van der Waals surface area (Å²) in [4.78, 5) is 28.3. The van der Waals surface area contributed by atoms with Gasteiger partial charge in [0.1, 0.15) is 0 Å². The third kappa shape index (κ3) is 3.31. The number of hydrogen-bond acceptors (Lipinski definition) is 4. The number of hydrogen-bond donors (Lipinski definition) is 2. The Labute approximate surface area is 207 Å². The van der Waals surface area contributed by atoms with Crippen LogP contribution >= 0.6 is 0 Å². The molecule has 0 aromatic heterocycles. The summed E-state index contributed by atoms with van der Waals surface area (Å²) in [5, 5.41) is 22.6. The molecule has 0 saturated heterocycles. The summed E-state index contributed by atoms with van der Waals surface area (Å²) in [6.07, 6.45) is 4.52. The molecule has 2 radical (unpaired) electrons. The average Bonchev–Trinajstić information content (AvgIpc) is 2.67. The van der Waals surface area contributed by atoms with Gasteiger partial charge in [0.05, 0.1) is 6.04 Å². The smallest absolute Gasteiger partial charge is 0.261 e. The van der Waals surface area contributed by atoms with E-state index >= 15 is 0 Å². The molecular weight excluding hydrogens is 572 g/mol. The zero-order valence-electron chi connectivity index (χ0n) is 16.9. The molecule has 7 heteroatoms. The first kappa shape index (κ1) is 23.2. The number of rotatable bonds is 3. The van der Waals surface area contributed by atoms with Gasteiger partial charge in [-0.05, 0) is 79.2 Å². The van der Waals surface area contributed by atoms with Gasteiger partial charge in [-0.3, -0.25) is 14.5 Å². The second kappa shape index (κ2) is 8.10. The number of aliphatic hydroxyl groups excluding tert-OH is 1. The van der Waals surface area contributed by atoms with Gasteiger partial charge >= 0.3 is 0 Å². The molecule has 1 atom stereocenters. The van der Waals surface area contributed by atoms with E-state index in [2.05, 4.69) is 0 Å². The topological polar surface area (TPSA) is 77.8 Å². The molecular formula is C24H25NO4Rh2. The van der Waals surface area contributed by atoms with Crippen LogP contribution in [0, 0.1) is 23.2 Å². The van der Waals surface area contributed by atoms with Gasteiger partial charge in [-0.25, -0.2) is 0 Å². The van der Waals surface area contributed by atoms with E-state index in [1.165, 1.54) is 24.2 Å². The summed E-state index contributed by atoms with van der Waals surface area (Å²) in [6.45, 7) is 0. The molecule has 4 aliphatic carbocycles. The van der Waals surface area contributed by atoms with Crippen molar-refractivity contribution in [1.29, 1.82) is 0 Å². The van der Waals surface area contributed by atoms with Crippen LogP contribution in [0.1, 0.15) is 59.2 Å². The SMILES string of the molecule is O=C1c2cccc3cccc(c23)C(=O)N1[C@@H](C(O)O)C12CC3CC(CC(C3)C1)C2.[Rh].[Rh]. The number of imide groups is 1. The van der Waals surface area contributed by atoms with Crippen LogP contribution < -0.4 is 0 Å². The third-order valence-corrected chi connectivity index (χ3v) is 8.08. The van der Waals surface area contributed by atoms with Crippen molar-refractivity contribution in [1.82, 2.24) is 4.90 Å². The van der Waals surface area contributed by atoms with Crippen molar-refractivity contribution in [2.45, 2.75) is 50.9 Å². The molecule has 31 heavy (non-hydrogen) atoms. The molecule has 5 nitrogen and oxygen atoms in total. The molecule has 2 aromatic rings. The van der Waals surface area contributed by atoms with Crippen LogP contribution in [0.3, 0.4) is 0 Å². The molecule has 2 aromatic carbocycles. The first-order valence-electron chi connectivity index (χ1n) is 10.7. The van der Waals surface area contributed by atoms with Crippen molar-refractivity contribution in [3.63, 3.8) is 0 Å². The van der Waals surface area contributed by atoms with Crippen LogP contribution in [0.4, 0.5) is 0 Å². The number of amides is 2. The van der Waals surface area contributed by atoms with E-state index in [-0.39, 0.29) is 44.4 Å². The Morgan fingerprint density at radius 1 is 0.806 bits per heavy atom. The summed E-state index contributed by atoms with van der Waals surface area (Å²) in [6, 6.07) is 10.0. The van der Waals surface area contributed by atoms with Crippen LogP contribution in [-0.2, 0) is 39.0 Å². The summed E-state index contributed by atoms with van der Waals surface area (Å²) in [5.41, 5.74) is 0.579. The summed E-state index contributed by atoms with van der Waals surface area (Å²) in [5.74, 6) is 0.941. The normalized spacial score (nSPS) is 31.6. The minimum Gasteiger partial charge on any atom is -0.366 e. The van der Waals surface area contributed by atoms with Gasteiger partial charge in [-0.1, -0.05) is 24.3 Å². The van der Waals surface area contributed by atoms with Crippen LogP contribution in [-0.4, -0.2) is 39.3 Å². The van der Waals surface area contributed by atoms with Crippen LogP contribution in [0.25, 0.3) is 10.8 Å². The van der Waals surface area contributed by atoms with E-state index in [4.69, 9.17) is 0 Å². The number of carbonyl (C=O) groups is 2. The average molecular weight is 597 g/mol. The number of carbonyl (C=O) groups excluding carboxylic acids is 2. The van der Waals surface area contributed by atoms with E-state index in [1.54, 1.807) is 12.1 Å². The van der Waals surface area contributed by atoms with Crippen molar-refractivity contribution in [2.75, 3.05) is 0 Å². The van der Waals surface area contributed by atoms with Crippen LogP contribution in [0.5, 0.6) is 0 Å². The zero-order valence-corrected chi connectivity index (χ0v) is 20.2. The van der Waals surface area contributed by atoms with Gasteiger partial charge in [-0.15, -0.1) is 0 Å².